The summed E-state index contributed by atoms with van der Waals surface area (Å²) in [4.78, 5) is 10.9. The molecule has 0 spiro atoms. The molecule has 0 atom stereocenters. The Morgan fingerprint density at radius 1 is 1.21 bits per heavy atom. The van der Waals surface area contributed by atoms with Crippen molar-refractivity contribution in [2.24, 2.45) is 0 Å². The number of hydrogen-bond donors (Lipinski definition) is 0. The number of nitrogens with zero attached hydrogens (tertiary/aromatic N) is 1. The molecule has 0 bridgehead atoms. The average molecular weight is 215 g/mol. The van der Waals surface area contributed by atoms with Gasteiger partial charge in [-0.15, -0.1) is 0 Å². The number of amides is 1. The van der Waals surface area contributed by atoms with Crippen molar-refractivity contribution in [3.05, 3.63) is 0 Å². The fourth-order valence-electron chi connectivity index (χ4n) is 1.49. The number of β-lactam (4-membered cyclic amide) rings is 1. The lowest BCUT2D eigenvalue weighted by Crippen LogP contribution is -2.37. The van der Waals surface area contributed by atoms with Crippen LogP contribution in [0.2, 0.25) is 0 Å². The van der Waals surface area contributed by atoms with E-state index in [1.54, 1.807) is 11.9 Å². The summed E-state index contributed by atoms with van der Waals surface area (Å²) in [5.41, 5.74) is 0. The molecule has 1 aliphatic rings. The number of unbranched alkanes of at least 4 members (excludes halogenated alkanes) is 5. The normalized spacial score (nSPS) is 15.8. The molecule has 0 radical (unpaired) electrons. The molecule has 1 saturated heterocycles. The molecule has 0 aromatic heterocycles. The van der Waals surface area contributed by atoms with E-state index in [1.165, 1.54) is 38.5 Å². The highest BCUT2D eigenvalue weighted by Crippen LogP contribution is 2.21. The predicted molar refractivity (Wildman–Crippen MR) is 62.2 cm³/mol. The van der Waals surface area contributed by atoms with Crippen LogP contribution < -0.4 is 0 Å². The van der Waals surface area contributed by atoms with E-state index < -0.39 is 0 Å². The van der Waals surface area contributed by atoms with Crippen molar-refractivity contribution in [1.29, 1.82) is 0 Å². The second kappa shape index (κ2) is 7.16. The third kappa shape index (κ3) is 4.36. The molecule has 0 saturated carbocycles. The Balaban J connectivity index is 1.78. The smallest absolute Gasteiger partial charge is 0.234 e. The van der Waals surface area contributed by atoms with E-state index in [0.717, 1.165) is 18.7 Å². The lowest BCUT2D eigenvalue weighted by molar-refractivity contribution is -0.132. The number of carbonyl (C=O) groups excluding carboxylic acids is 1. The molecule has 0 unspecified atom stereocenters. The van der Waals surface area contributed by atoms with Crippen LogP contribution >= 0.6 is 11.9 Å². The molecule has 82 valence electrons. The summed E-state index contributed by atoms with van der Waals surface area (Å²) in [6.45, 7) is 3.21. The molecule has 3 heteroatoms. The first-order chi connectivity index (χ1) is 6.84. The third-order valence-electron chi connectivity index (χ3n) is 2.55. The minimum atomic E-state index is 0.320. The molecule has 1 rings (SSSR count). The molecule has 2 nitrogen and oxygen atoms in total. The van der Waals surface area contributed by atoms with Gasteiger partial charge in [0.25, 0.3) is 0 Å². The maximum Gasteiger partial charge on any atom is 0.234 e. The van der Waals surface area contributed by atoms with Crippen LogP contribution in [-0.2, 0) is 4.79 Å². The van der Waals surface area contributed by atoms with Gasteiger partial charge in [0.2, 0.25) is 5.91 Å². The summed E-state index contributed by atoms with van der Waals surface area (Å²) in [6, 6.07) is 0. The lowest BCUT2D eigenvalue weighted by Gasteiger charge is -2.28. The van der Waals surface area contributed by atoms with Gasteiger partial charge in [-0.1, -0.05) is 39.0 Å². The Hall–Kier alpha value is -0.180. The Morgan fingerprint density at radius 2 is 1.93 bits per heavy atom. The quantitative estimate of drug-likeness (QED) is 0.352. The predicted octanol–water partition coefficient (Wildman–Crippen LogP) is 3.23. The first kappa shape index (κ1) is 11.9. The van der Waals surface area contributed by atoms with E-state index in [4.69, 9.17) is 0 Å². The van der Waals surface area contributed by atoms with Crippen molar-refractivity contribution in [2.75, 3.05) is 12.3 Å². The van der Waals surface area contributed by atoms with Crippen molar-refractivity contribution in [3.8, 4) is 0 Å². The van der Waals surface area contributed by atoms with Gasteiger partial charge >= 0.3 is 0 Å². The van der Waals surface area contributed by atoms with Gasteiger partial charge in [-0.05, 0) is 18.4 Å². The minimum Gasteiger partial charge on any atom is -0.286 e. The standard InChI is InChI=1S/C11H21NOS/c1-2-3-4-5-6-7-10-14-12-9-8-11(12)13/h2-10H2,1H3. The Morgan fingerprint density at radius 3 is 2.50 bits per heavy atom. The zero-order valence-electron chi connectivity index (χ0n) is 9.13. The Bertz CT molecular complexity index is 173. The van der Waals surface area contributed by atoms with E-state index in [9.17, 15) is 4.79 Å². The third-order valence-corrected chi connectivity index (χ3v) is 3.72. The van der Waals surface area contributed by atoms with E-state index in [-0.39, 0.29) is 0 Å². The summed E-state index contributed by atoms with van der Waals surface area (Å²) in [5.74, 6) is 1.44. The topological polar surface area (TPSA) is 20.3 Å². The largest absolute Gasteiger partial charge is 0.286 e. The van der Waals surface area contributed by atoms with Gasteiger partial charge in [-0.3, -0.25) is 9.10 Å². The lowest BCUT2D eigenvalue weighted by atomic mass is 10.1. The van der Waals surface area contributed by atoms with E-state index in [0.29, 0.717) is 5.91 Å². The Labute approximate surface area is 91.6 Å². The molecule has 0 N–H and O–H groups in total. The fourth-order valence-corrected chi connectivity index (χ4v) is 2.50. The highest BCUT2D eigenvalue weighted by Gasteiger charge is 2.23. The molecule has 1 aliphatic heterocycles. The molecule has 14 heavy (non-hydrogen) atoms. The zero-order valence-corrected chi connectivity index (χ0v) is 9.94. The van der Waals surface area contributed by atoms with Crippen molar-refractivity contribution in [2.45, 2.75) is 51.9 Å². The molecule has 1 amide bonds. The van der Waals surface area contributed by atoms with Crippen LogP contribution in [-0.4, -0.2) is 22.5 Å². The summed E-state index contributed by atoms with van der Waals surface area (Å²) >= 11 is 1.72. The number of hydrogen-bond acceptors (Lipinski definition) is 2. The highest BCUT2D eigenvalue weighted by molar-refractivity contribution is 7.97. The molecular weight excluding hydrogens is 194 g/mol. The SMILES string of the molecule is CCCCCCCCSN1CCC1=O. The molecule has 1 fully saturated rings. The van der Waals surface area contributed by atoms with Gasteiger partial charge in [0, 0.05) is 18.7 Å². The molecule has 0 aliphatic carbocycles. The zero-order chi connectivity index (χ0) is 10.2. The number of carbonyl (C=O) groups is 1. The number of rotatable bonds is 8. The van der Waals surface area contributed by atoms with Gasteiger partial charge < -0.3 is 0 Å². The molecule has 0 aromatic rings. The van der Waals surface area contributed by atoms with E-state index in [2.05, 4.69) is 6.92 Å². The van der Waals surface area contributed by atoms with Crippen LogP contribution in [0.25, 0.3) is 0 Å². The molecule has 0 aromatic carbocycles. The second-order valence-corrected chi connectivity index (χ2v) is 4.95. The van der Waals surface area contributed by atoms with Crippen LogP contribution in [0.15, 0.2) is 0 Å². The van der Waals surface area contributed by atoms with Crippen LogP contribution in [0.5, 0.6) is 0 Å². The van der Waals surface area contributed by atoms with Gasteiger partial charge in [-0.2, -0.15) is 0 Å². The summed E-state index contributed by atoms with van der Waals surface area (Å²) in [6.07, 6.45) is 8.79. The molecular formula is C11H21NOS. The van der Waals surface area contributed by atoms with Crippen molar-refractivity contribution in [1.82, 2.24) is 4.31 Å². The van der Waals surface area contributed by atoms with Crippen molar-refractivity contribution in [3.63, 3.8) is 0 Å². The minimum absolute atomic E-state index is 0.320. The first-order valence-corrected chi connectivity index (χ1v) is 6.72. The molecule has 1 heterocycles. The van der Waals surface area contributed by atoms with E-state index in [1.807, 2.05) is 4.31 Å². The Kier molecular flexibility index (Phi) is 6.08. The van der Waals surface area contributed by atoms with Crippen molar-refractivity contribution >= 4 is 17.9 Å². The second-order valence-electron chi connectivity index (χ2n) is 3.85. The van der Waals surface area contributed by atoms with Gasteiger partial charge in [0.1, 0.15) is 0 Å². The van der Waals surface area contributed by atoms with Gasteiger partial charge in [0.15, 0.2) is 0 Å². The summed E-state index contributed by atoms with van der Waals surface area (Å²) in [5, 5.41) is 0. The average Bonchev–Trinajstić information content (AvgIpc) is 2.20. The van der Waals surface area contributed by atoms with Crippen molar-refractivity contribution < 1.29 is 4.79 Å². The summed E-state index contributed by atoms with van der Waals surface area (Å²) < 4.78 is 1.89. The van der Waals surface area contributed by atoms with Crippen LogP contribution in [0, 0.1) is 0 Å². The van der Waals surface area contributed by atoms with E-state index >= 15 is 0 Å². The fraction of sp³-hybridized carbons (Fsp3) is 0.909. The van der Waals surface area contributed by atoms with Crippen LogP contribution in [0.3, 0.4) is 0 Å². The van der Waals surface area contributed by atoms with Crippen LogP contribution in [0.1, 0.15) is 51.9 Å². The summed E-state index contributed by atoms with van der Waals surface area (Å²) in [7, 11) is 0. The highest BCUT2D eigenvalue weighted by atomic mass is 32.2. The maximum absolute atomic E-state index is 10.9. The van der Waals surface area contributed by atoms with Gasteiger partial charge in [-0.25, -0.2) is 0 Å². The van der Waals surface area contributed by atoms with Gasteiger partial charge in [0.05, 0.1) is 0 Å². The van der Waals surface area contributed by atoms with Crippen LogP contribution in [0.4, 0.5) is 0 Å². The first-order valence-electron chi connectivity index (χ1n) is 5.78. The maximum atomic E-state index is 10.9. The monoisotopic (exact) mass is 215 g/mol.